The van der Waals surface area contributed by atoms with Crippen LogP contribution in [-0.4, -0.2) is 22.2 Å². The first-order valence-electron chi connectivity index (χ1n) is 12.7. The molecule has 1 amide bonds. The summed E-state index contributed by atoms with van der Waals surface area (Å²) in [6, 6.07) is 18.1. The summed E-state index contributed by atoms with van der Waals surface area (Å²) in [5.41, 5.74) is 1.00. The molecule has 0 bridgehead atoms. The van der Waals surface area contributed by atoms with Gasteiger partial charge >= 0.3 is 6.09 Å². The monoisotopic (exact) mass is 496 g/mol. The number of amides is 1. The lowest BCUT2D eigenvalue weighted by atomic mass is 9.80. The maximum atomic E-state index is 12.7. The number of nitrogens with one attached hydrogen (secondary N) is 2. The van der Waals surface area contributed by atoms with Gasteiger partial charge < -0.3 is 20.1 Å². The average Bonchev–Trinajstić information content (AvgIpc) is 2.81. The Morgan fingerprint density at radius 1 is 0.943 bits per heavy atom. The Bertz CT molecular complexity index is 950. The summed E-state index contributed by atoms with van der Waals surface area (Å²) in [4.78, 5) is 13.3. The number of hydrogen-bond acceptors (Lipinski definition) is 4. The summed E-state index contributed by atoms with van der Waals surface area (Å²) in [7, 11) is 0. The molecule has 0 saturated heterocycles. The van der Waals surface area contributed by atoms with Crippen molar-refractivity contribution in [3.8, 4) is 5.75 Å². The molecular weight excluding hydrogens is 456 g/mol. The number of thiocarbonyl (C=S) groups is 1. The van der Waals surface area contributed by atoms with E-state index in [0.717, 1.165) is 23.3 Å². The van der Waals surface area contributed by atoms with Gasteiger partial charge in [0, 0.05) is 6.54 Å². The highest BCUT2D eigenvalue weighted by Gasteiger charge is 2.36. The minimum atomic E-state index is -0.668. The Morgan fingerprint density at radius 2 is 1.60 bits per heavy atom. The molecule has 6 heteroatoms. The van der Waals surface area contributed by atoms with Crippen molar-refractivity contribution in [3.63, 3.8) is 0 Å². The first kappa shape index (κ1) is 27.0. The maximum absolute atomic E-state index is 12.7. The summed E-state index contributed by atoms with van der Waals surface area (Å²) in [5.74, 6) is 1.37. The highest BCUT2D eigenvalue weighted by Crippen LogP contribution is 2.31. The highest BCUT2D eigenvalue weighted by atomic mass is 32.1. The molecule has 0 aliphatic heterocycles. The van der Waals surface area contributed by atoms with Gasteiger partial charge in [0.15, 0.2) is 0 Å². The summed E-state index contributed by atoms with van der Waals surface area (Å²) in [6.45, 7) is 8.74. The van der Waals surface area contributed by atoms with Crippen LogP contribution in [0.1, 0.15) is 77.3 Å². The van der Waals surface area contributed by atoms with Crippen LogP contribution in [-0.2, 0) is 17.9 Å². The van der Waals surface area contributed by atoms with Crippen LogP contribution in [0.2, 0.25) is 0 Å². The first-order chi connectivity index (χ1) is 16.6. The smallest absolute Gasteiger partial charge is 0.408 e. The van der Waals surface area contributed by atoms with Crippen molar-refractivity contribution in [2.24, 2.45) is 5.92 Å². The Balaban J connectivity index is 1.58. The Morgan fingerprint density at radius 3 is 2.23 bits per heavy atom. The second-order valence-electron chi connectivity index (χ2n) is 10.8. The summed E-state index contributed by atoms with van der Waals surface area (Å²) in [6.07, 6.45) is 6.51. The zero-order valence-electron chi connectivity index (χ0n) is 21.6. The van der Waals surface area contributed by atoms with Crippen LogP contribution in [0.15, 0.2) is 54.6 Å². The lowest BCUT2D eigenvalue weighted by Crippen LogP contribution is -2.57. The van der Waals surface area contributed by atoms with Crippen LogP contribution in [0.4, 0.5) is 4.79 Å². The molecule has 1 atom stereocenters. The molecule has 1 aliphatic rings. The second-order valence-corrected chi connectivity index (χ2v) is 11.2. The van der Waals surface area contributed by atoms with Gasteiger partial charge in [0.05, 0.1) is 5.54 Å². The lowest BCUT2D eigenvalue weighted by molar-refractivity contribution is 0.0479. The minimum Gasteiger partial charge on any atom is -0.489 e. The van der Waals surface area contributed by atoms with Gasteiger partial charge in [-0.15, -0.1) is 0 Å². The van der Waals surface area contributed by atoms with Crippen molar-refractivity contribution in [1.82, 2.24) is 10.6 Å². The van der Waals surface area contributed by atoms with Crippen molar-refractivity contribution < 1.29 is 14.3 Å². The van der Waals surface area contributed by atoms with Crippen LogP contribution in [0, 0.1) is 5.92 Å². The molecule has 1 aliphatic carbocycles. The first-order valence-corrected chi connectivity index (χ1v) is 13.1. The van der Waals surface area contributed by atoms with E-state index in [9.17, 15) is 4.79 Å². The van der Waals surface area contributed by atoms with E-state index in [1.54, 1.807) is 0 Å². The summed E-state index contributed by atoms with van der Waals surface area (Å²) >= 11 is 5.83. The molecule has 1 fully saturated rings. The third-order valence-electron chi connectivity index (χ3n) is 6.32. The molecule has 0 spiro atoms. The quantitative estimate of drug-likeness (QED) is 0.368. The largest absolute Gasteiger partial charge is 0.489 e. The summed E-state index contributed by atoms with van der Waals surface area (Å²) in [5, 5.41) is 6.48. The Kier molecular flexibility index (Phi) is 9.55. The second kappa shape index (κ2) is 12.4. The topological polar surface area (TPSA) is 59.6 Å². The number of benzene rings is 2. The molecular formula is C29H40N2O3S. The van der Waals surface area contributed by atoms with Gasteiger partial charge in [-0.3, -0.25) is 0 Å². The minimum absolute atomic E-state index is 0.431. The molecule has 3 rings (SSSR count). The van der Waals surface area contributed by atoms with Gasteiger partial charge in [0.2, 0.25) is 0 Å². The van der Waals surface area contributed by atoms with E-state index in [1.807, 2.05) is 70.2 Å². The standard InChI is InChI=1S/C29H40N2O3S/c1-28(2,3)34-27(32)31-29(4,19-22-11-7-5-8-12-22)26(35)30-20-23-15-17-25(18-16-23)33-21-24-13-9-6-10-14-24/h6,9-10,13-18,22H,5,7-8,11-12,19-21H2,1-4H3,(H,30,35)(H,31,32)/t29-/m1/s1. The van der Waals surface area contributed by atoms with E-state index in [1.165, 1.54) is 32.1 Å². The highest BCUT2D eigenvalue weighted by molar-refractivity contribution is 7.80. The number of ether oxygens (including phenoxy) is 2. The predicted molar refractivity (Wildman–Crippen MR) is 146 cm³/mol. The number of hydrogen-bond donors (Lipinski definition) is 2. The van der Waals surface area contributed by atoms with E-state index in [4.69, 9.17) is 21.7 Å². The Hall–Kier alpha value is -2.60. The molecule has 2 N–H and O–H groups in total. The molecule has 35 heavy (non-hydrogen) atoms. The van der Waals surface area contributed by atoms with Crippen molar-refractivity contribution >= 4 is 23.3 Å². The van der Waals surface area contributed by atoms with Crippen LogP contribution in [0.3, 0.4) is 0 Å². The molecule has 0 unspecified atom stereocenters. The number of carbonyl (C=O) groups excluding carboxylic acids is 1. The van der Waals surface area contributed by atoms with Crippen LogP contribution >= 0.6 is 12.2 Å². The van der Waals surface area contributed by atoms with E-state index in [0.29, 0.717) is 24.1 Å². The fourth-order valence-electron chi connectivity index (χ4n) is 4.52. The van der Waals surface area contributed by atoms with Crippen molar-refractivity contribution in [1.29, 1.82) is 0 Å². The average molecular weight is 497 g/mol. The third kappa shape index (κ3) is 9.17. The van der Waals surface area contributed by atoms with Gasteiger partial charge in [-0.1, -0.05) is 86.8 Å². The predicted octanol–water partition coefficient (Wildman–Crippen LogP) is 6.94. The SMILES string of the molecule is CC(C)(C)OC(=O)N[C@](C)(CC1CCCCC1)C(=S)NCc1ccc(OCc2ccccc2)cc1. The Labute approximate surface area is 216 Å². The van der Waals surface area contributed by atoms with Crippen LogP contribution in [0.5, 0.6) is 5.75 Å². The van der Waals surface area contributed by atoms with E-state index < -0.39 is 17.2 Å². The molecule has 2 aromatic rings. The third-order valence-corrected chi connectivity index (χ3v) is 6.92. The summed E-state index contributed by atoms with van der Waals surface area (Å²) < 4.78 is 11.4. The number of rotatable bonds is 9. The molecule has 0 radical (unpaired) electrons. The van der Waals surface area contributed by atoms with Crippen LogP contribution < -0.4 is 15.4 Å². The number of carbonyl (C=O) groups is 1. The van der Waals surface area contributed by atoms with E-state index in [-0.39, 0.29) is 0 Å². The van der Waals surface area contributed by atoms with Gasteiger partial charge in [0.1, 0.15) is 22.9 Å². The molecule has 0 heterocycles. The van der Waals surface area contributed by atoms with Crippen molar-refractivity contribution in [3.05, 3.63) is 65.7 Å². The van der Waals surface area contributed by atoms with Crippen molar-refractivity contribution in [2.75, 3.05) is 0 Å². The molecule has 190 valence electrons. The van der Waals surface area contributed by atoms with Crippen molar-refractivity contribution in [2.45, 2.75) is 90.5 Å². The zero-order chi connectivity index (χ0) is 25.3. The van der Waals surface area contributed by atoms with Gasteiger partial charge in [-0.25, -0.2) is 4.79 Å². The fourth-order valence-corrected chi connectivity index (χ4v) is 4.73. The van der Waals surface area contributed by atoms with Gasteiger partial charge in [0.25, 0.3) is 0 Å². The molecule has 2 aromatic carbocycles. The molecule has 1 saturated carbocycles. The fraction of sp³-hybridized carbons (Fsp3) is 0.517. The lowest BCUT2D eigenvalue weighted by Gasteiger charge is -2.37. The van der Waals surface area contributed by atoms with E-state index >= 15 is 0 Å². The van der Waals surface area contributed by atoms with E-state index in [2.05, 4.69) is 22.8 Å². The normalized spacial score (nSPS) is 16.1. The molecule has 5 nitrogen and oxygen atoms in total. The van der Waals surface area contributed by atoms with Gasteiger partial charge in [-0.05, 0) is 63.3 Å². The number of alkyl carbamates (subject to hydrolysis) is 1. The van der Waals surface area contributed by atoms with Crippen LogP contribution in [0.25, 0.3) is 0 Å². The maximum Gasteiger partial charge on any atom is 0.408 e. The zero-order valence-corrected chi connectivity index (χ0v) is 22.4. The molecule has 0 aromatic heterocycles. The van der Waals surface area contributed by atoms with Gasteiger partial charge in [-0.2, -0.15) is 0 Å².